The molecule has 1 rings (SSSR count). The van der Waals surface area contributed by atoms with E-state index in [1.165, 1.54) is 0 Å². The van der Waals surface area contributed by atoms with Crippen molar-refractivity contribution in [3.63, 3.8) is 0 Å². The van der Waals surface area contributed by atoms with E-state index in [0.29, 0.717) is 6.54 Å². The molecular weight excluding hydrogens is 226 g/mol. The number of hydrogen-bond acceptors (Lipinski definition) is 5. The molecular formula is C13H25N5. The first-order valence-electron chi connectivity index (χ1n) is 6.26. The Balaban J connectivity index is 2.65. The first kappa shape index (κ1) is 14.7. The average molecular weight is 251 g/mol. The number of aromatic nitrogens is 2. The van der Waals surface area contributed by atoms with Gasteiger partial charge in [0, 0.05) is 18.2 Å². The molecule has 0 radical (unpaired) electrons. The Bertz CT molecular complexity index is 381. The van der Waals surface area contributed by atoms with Crippen LogP contribution in [-0.2, 0) is 0 Å². The number of rotatable bonds is 5. The molecule has 18 heavy (non-hydrogen) atoms. The predicted molar refractivity (Wildman–Crippen MR) is 76.7 cm³/mol. The SMILES string of the molecule is CC(C)(CN)CNc1cc(NC(C)(C)C)ncn1. The summed E-state index contributed by atoms with van der Waals surface area (Å²) >= 11 is 0. The number of nitrogens with zero attached hydrogens (tertiary/aromatic N) is 2. The highest BCUT2D eigenvalue weighted by Gasteiger charge is 2.15. The molecule has 0 fully saturated rings. The van der Waals surface area contributed by atoms with Gasteiger partial charge in [-0.1, -0.05) is 13.8 Å². The van der Waals surface area contributed by atoms with Gasteiger partial charge in [-0.05, 0) is 32.7 Å². The molecule has 4 N–H and O–H groups in total. The van der Waals surface area contributed by atoms with Crippen molar-refractivity contribution in [2.75, 3.05) is 23.7 Å². The molecule has 5 heteroatoms. The van der Waals surface area contributed by atoms with E-state index in [2.05, 4.69) is 55.2 Å². The van der Waals surface area contributed by atoms with Crippen molar-refractivity contribution in [1.82, 2.24) is 9.97 Å². The summed E-state index contributed by atoms with van der Waals surface area (Å²) in [5.74, 6) is 1.64. The van der Waals surface area contributed by atoms with Crippen LogP contribution in [0.4, 0.5) is 11.6 Å². The third-order valence-electron chi connectivity index (χ3n) is 2.47. The summed E-state index contributed by atoms with van der Waals surface area (Å²) in [6.45, 7) is 12.0. The maximum Gasteiger partial charge on any atom is 0.131 e. The molecule has 0 unspecified atom stereocenters. The first-order chi connectivity index (χ1) is 8.22. The molecule has 0 aromatic carbocycles. The van der Waals surface area contributed by atoms with Gasteiger partial charge in [-0.25, -0.2) is 9.97 Å². The van der Waals surface area contributed by atoms with Crippen molar-refractivity contribution >= 4 is 11.6 Å². The van der Waals surface area contributed by atoms with Crippen LogP contribution in [0.15, 0.2) is 12.4 Å². The molecule has 0 spiro atoms. The van der Waals surface area contributed by atoms with Crippen molar-refractivity contribution in [2.45, 2.75) is 40.2 Å². The second-order valence-corrected chi connectivity index (χ2v) is 6.39. The smallest absolute Gasteiger partial charge is 0.131 e. The molecule has 102 valence electrons. The lowest BCUT2D eigenvalue weighted by atomic mass is 9.94. The van der Waals surface area contributed by atoms with Crippen LogP contribution in [0.1, 0.15) is 34.6 Å². The average Bonchev–Trinajstić information content (AvgIpc) is 2.25. The first-order valence-corrected chi connectivity index (χ1v) is 6.26. The molecule has 5 nitrogen and oxygen atoms in total. The second-order valence-electron chi connectivity index (χ2n) is 6.39. The van der Waals surface area contributed by atoms with E-state index in [-0.39, 0.29) is 11.0 Å². The van der Waals surface area contributed by atoms with Crippen molar-refractivity contribution in [1.29, 1.82) is 0 Å². The van der Waals surface area contributed by atoms with Gasteiger partial charge in [0.2, 0.25) is 0 Å². The summed E-state index contributed by atoms with van der Waals surface area (Å²) in [5.41, 5.74) is 5.74. The fourth-order valence-electron chi connectivity index (χ4n) is 1.31. The van der Waals surface area contributed by atoms with E-state index in [0.717, 1.165) is 18.2 Å². The molecule has 0 aliphatic rings. The van der Waals surface area contributed by atoms with Crippen molar-refractivity contribution in [3.8, 4) is 0 Å². The molecule has 0 saturated heterocycles. The van der Waals surface area contributed by atoms with Crippen molar-refractivity contribution in [2.24, 2.45) is 11.1 Å². The monoisotopic (exact) mass is 251 g/mol. The Morgan fingerprint density at radius 3 is 2.28 bits per heavy atom. The van der Waals surface area contributed by atoms with E-state index < -0.39 is 0 Å². The van der Waals surface area contributed by atoms with Crippen LogP contribution >= 0.6 is 0 Å². The molecule has 0 atom stereocenters. The van der Waals surface area contributed by atoms with Gasteiger partial charge in [0.25, 0.3) is 0 Å². The Morgan fingerprint density at radius 2 is 1.72 bits per heavy atom. The predicted octanol–water partition coefficient (Wildman–Crippen LogP) is 2.08. The van der Waals surface area contributed by atoms with Crippen molar-refractivity contribution in [3.05, 3.63) is 12.4 Å². The highest BCUT2D eigenvalue weighted by molar-refractivity contribution is 5.47. The van der Waals surface area contributed by atoms with Gasteiger partial charge < -0.3 is 16.4 Å². The number of nitrogens with two attached hydrogens (primary N) is 1. The number of hydrogen-bond donors (Lipinski definition) is 3. The highest BCUT2D eigenvalue weighted by Crippen LogP contribution is 2.17. The maximum atomic E-state index is 5.70. The topological polar surface area (TPSA) is 75.9 Å². The zero-order chi connectivity index (χ0) is 13.8. The number of nitrogens with one attached hydrogen (secondary N) is 2. The Morgan fingerprint density at radius 1 is 1.11 bits per heavy atom. The minimum absolute atomic E-state index is 0.0118. The van der Waals surface area contributed by atoms with Gasteiger partial charge in [-0.15, -0.1) is 0 Å². The second kappa shape index (κ2) is 5.52. The lowest BCUT2D eigenvalue weighted by molar-refractivity contribution is 0.405. The van der Waals surface area contributed by atoms with Crippen LogP contribution in [0.5, 0.6) is 0 Å². The van der Waals surface area contributed by atoms with Gasteiger partial charge in [-0.3, -0.25) is 0 Å². The molecule has 1 heterocycles. The summed E-state index contributed by atoms with van der Waals surface area (Å²) < 4.78 is 0. The van der Waals surface area contributed by atoms with Gasteiger partial charge in [-0.2, -0.15) is 0 Å². The van der Waals surface area contributed by atoms with Crippen LogP contribution in [0.25, 0.3) is 0 Å². The summed E-state index contributed by atoms with van der Waals surface area (Å²) in [6, 6.07) is 1.91. The molecule has 1 aromatic heterocycles. The highest BCUT2D eigenvalue weighted by atomic mass is 15.1. The van der Waals surface area contributed by atoms with E-state index in [4.69, 9.17) is 5.73 Å². The summed E-state index contributed by atoms with van der Waals surface area (Å²) in [6.07, 6.45) is 1.56. The van der Waals surface area contributed by atoms with Crippen LogP contribution in [0, 0.1) is 5.41 Å². The van der Waals surface area contributed by atoms with E-state index >= 15 is 0 Å². The molecule has 0 amide bonds. The Labute approximate surface area is 110 Å². The van der Waals surface area contributed by atoms with Gasteiger partial charge in [0.05, 0.1) is 0 Å². The maximum absolute atomic E-state index is 5.70. The largest absolute Gasteiger partial charge is 0.369 e. The Kier molecular flexibility index (Phi) is 4.51. The quantitative estimate of drug-likeness (QED) is 0.747. The third kappa shape index (κ3) is 5.31. The van der Waals surface area contributed by atoms with Crippen LogP contribution in [0.2, 0.25) is 0 Å². The van der Waals surface area contributed by atoms with Gasteiger partial charge in [0.15, 0.2) is 0 Å². The fraction of sp³-hybridized carbons (Fsp3) is 0.692. The Hall–Kier alpha value is -1.36. The molecule has 0 saturated carbocycles. The molecule has 0 bridgehead atoms. The minimum atomic E-state index is -0.0118. The van der Waals surface area contributed by atoms with Crippen LogP contribution < -0.4 is 16.4 Å². The zero-order valence-corrected chi connectivity index (χ0v) is 12.0. The molecule has 0 aliphatic carbocycles. The normalized spacial score (nSPS) is 12.3. The van der Waals surface area contributed by atoms with E-state index in [1.54, 1.807) is 6.33 Å². The van der Waals surface area contributed by atoms with E-state index in [9.17, 15) is 0 Å². The molecule has 1 aromatic rings. The van der Waals surface area contributed by atoms with Gasteiger partial charge >= 0.3 is 0 Å². The standard InChI is InChI=1S/C13H25N5/c1-12(2,3)18-11-6-10(16-9-17-11)15-8-13(4,5)7-14/h6,9H,7-8,14H2,1-5H3,(H2,15,16,17,18). The van der Waals surface area contributed by atoms with E-state index in [1.807, 2.05) is 6.07 Å². The fourth-order valence-corrected chi connectivity index (χ4v) is 1.31. The molecule has 0 aliphatic heterocycles. The number of anilines is 2. The zero-order valence-electron chi connectivity index (χ0n) is 12.0. The van der Waals surface area contributed by atoms with Crippen LogP contribution in [0.3, 0.4) is 0 Å². The lowest BCUT2D eigenvalue weighted by Gasteiger charge is -2.24. The summed E-state index contributed by atoms with van der Waals surface area (Å²) in [5, 5.41) is 6.61. The third-order valence-corrected chi connectivity index (χ3v) is 2.47. The van der Waals surface area contributed by atoms with Gasteiger partial charge in [0.1, 0.15) is 18.0 Å². The minimum Gasteiger partial charge on any atom is -0.369 e. The van der Waals surface area contributed by atoms with Crippen LogP contribution in [-0.4, -0.2) is 28.6 Å². The summed E-state index contributed by atoms with van der Waals surface area (Å²) in [4.78, 5) is 8.41. The summed E-state index contributed by atoms with van der Waals surface area (Å²) in [7, 11) is 0. The lowest BCUT2D eigenvalue weighted by Crippen LogP contribution is -2.31. The van der Waals surface area contributed by atoms with Crippen molar-refractivity contribution < 1.29 is 0 Å².